The fourth-order valence-electron chi connectivity index (χ4n) is 3.32. The van der Waals surface area contributed by atoms with Crippen molar-refractivity contribution in [3.05, 3.63) is 12.3 Å². The number of nitrogens with one attached hydrogen (secondary N) is 1. The highest BCUT2D eigenvalue weighted by atomic mass is 16.5. The van der Waals surface area contributed by atoms with E-state index < -0.39 is 5.41 Å². The Labute approximate surface area is 141 Å². The van der Waals surface area contributed by atoms with Gasteiger partial charge in [-0.05, 0) is 12.8 Å². The minimum atomic E-state index is -0.844. The number of methoxy groups -OCH3 is 1. The van der Waals surface area contributed by atoms with E-state index in [1.165, 1.54) is 0 Å². The highest BCUT2D eigenvalue weighted by Gasteiger charge is 2.52. The van der Waals surface area contributed by atoms with Gasteiger partial charge in [-0.2, -0.15) is 4.98 Å². The molecule has 8 heteroatoms. The molecule has 2 fully saturated rings. The van der Waals surface area contributed by atoms with Gasteiger partial charge in [0.25, 0.3) is 0 Å². The van der Waals surface area contributed by atoms with Crippen LogP contribution in [0.25, 0.3) is 0 Å². The topological polar surface area (TPSA) is 87.7 Å². The third-order valence-electron chi connectivity index (χ3n) is 4.95. The van der Waals surface area contributed by atoms with Gasteiger partial charge in [-0.3, -0.25) is 9.59 Å². The van der Waals surface area contributed by atoms with Crippen LogP contribution in [0.3, 0.4) is 0 Å². The predicted molar refractivity (Wildman–Crippen MR) is 87.7 cm³/mol. The Morgan fingerprint density at radius 2 is 1.96 bits per heavy atom. The van der Waals surface area contributed by atoms with Crippen LogP contribution in [0.1, 0.15) is 19.3 Å². The maximum Gasteiger partial charge on any atom is 0.238 e. The van der Waals surface area contributed by atoms with Gasteiger partial charge in [0.2, 0.25) is 23.6 Å². The lowest BCUT2D eigenvalue weighted by Gasteiger charge is -2.44. The molecule has 1 aromatic heterocycles. The first-order valence-electron chi connectivity index (χ1n) is 8.24. The zero-order valence-corrected chi connectivity index (χ0v) is 14.1. The third kappa shape index (κ3) is 2.76. The van der Waals surface area contributed by atoms with Crippen molar-refractivity contribution in [1.82, 2.24) is 20.2 Å². The van der Waals surface area contributed by atoms with Gasteiger partial charge in [0.05, 0.1) is 7.11 Å². The molecule has 1 N–H and O–H groups in total. The van der Waals surface area contributed by atoms with Gasteiger partial charge >= 0.3 is 0 Å². The number of aromatic nitrogens is 2. The second-order valence-electron chi connectivity index (χ2n) is 6.19. The van der Waals surface area contributed by atoms with Crippen LogP contribution in [-0.2, 0) is 9.59 Å². The Morgan fingerprint density at radius 3 is 2.50 bits per heavy atom. The number of carbonyl (C=O) groups is 2. The molecule has 2 amide bonds. The van der Waals surface area contributed by atoms with Crippen LogP contribution in [0.4, 0.5) is 5.95 Å². The first-order valence-corrected chi connectivity index (χ1v) is 8.24. The quantitative estimate of drug-likeness (QED) is 0.784. The zero-order valence-electron chi connectivity index (χ0n) is 14.1. The van der Waals surface area contributed by atoms with Crippen LogP contribution < -0.4 is 15.0 Å². The summed E-state index contributed by atoms with van der Waals surface area (Å²) in [5.74, 6) is 0.925. The summed E-state index contributed by atoms with van der Waals surface area (Å²) in [7, 11) is 3.16. The van der Waals surface area contributed by atoms with E-state index in [1.54, 1.807) is 31.3 Å². The molecule has 0 radical (unpaired) electrons. The fraction of sp³-hybridized carbons (Fsp3) is 0.625. The fourth-order valence-corrected chi connectivity index (χ4v) is 3.32. The second kappa shape index (κ2) is 6.62. The summed E-state index contributed by atoms with van der Waals surface area (Å²) < 4.78 is 5.12. The van der Waals surface area contributed by atoms with Crippen molar-refractivity contribution in [3.8, 4) is 5.88 Å². The van der Waals surface area contributed by atoms with Crippen LogP contribution in [0.5, 0.6) is 5.88 Å². The molecule has 0 atom stereocenters. The first-order chi connectivity index (χ1) is 11.6. The number of ether oxygens (including phenoxy) is 1. The molecule has 1 aromatic rings. The minimum absolute atomic E-state index is 0.0423. The molecular formula is C16H23N5O3. The van der Waals surface area contributed by atoms with Crippen molar-refractivity contribution in [2.75, 3.05) is 45.2 Å². The van der Waals surface area contributed by atoms with Crippen LogP contribution in [0.2, 0.25) is 0 Å². The SMILES string of the molecule is CNC(=O)C1(C(=O)N2CCN(c3nccc(OC)n3)CC2)CCC1. The van der Waals surface area contributed by atoms with Crippen molar-refractivity contribution < 1.29 is 14.3 Å². The van der Waals surface area contributed by atoms with Gasteiger partial charge in [0, 0.05) is 45.5 Å². The molecule has 1 saturated heterocycles. The average molecular weight is 333 g/mol. The number of hydrogen-bond donors (Lipinski definition) is 1. The molecule has 1 aliphatic carbocycles. The molecule has 24 heavy (non-hydrogen) atoms. The number of amides is 2. The van der Waals surface area contributed by atoms with Crippen molar-refractivity contribution in [1.29, 1.82) is 0 Å². The van der Waals surface area contributed by atoms with Gasteiger partial charge in [-0.1, -0.05) is 6.42 Å². The predicted octanol–water partition coefficient (Wildman–Crippen LogP) is 0.0501. The van der Waals surface area contributed by atoms with Crippen molar-refractivity contribution in [3.63, 3.8) is 0 Å². The van der Waals surface area contributed by atoms with Gasteiger partial charge in [-0.25, -0.2) is 4.98 Å². The summed E-state index contributed by atoms with van der Waals surface area (Å²) in [5.41, 5.74) is -0.844. The summed E-state index contributed by atoms with van der Waals surface area (Å²) in [6.45, 7) is 2.42. The van der Waals surface area contributed by atoms with Gasteiger partial charge in [0.1, 0.15) is 5.41 Å². The molecule has 0 bridgehead atoms. The van der Waals surface area contributed by atoms with E-state index in [0.717, 1.165) is 6.42 Å². The summed E-state index contributed by atoms with van der Waals surface area (Å²) in [6, 6.07) is 1.70. The number of anilines is 1. The van der Waals surface area contributed by atoms with Gasteiger partial charge < -0.3 is 19.9 Å². The smallest absolute Gasteiger partial charge is 0.238 e. The molecular weight excluding hydrogens is 310 g/mol. The molecule has 0 aromatic carbocycles. The Morgan fingerprint density at radius 1 is 1.25 bits per heavy atom. The number of nitrogens with zero attached hydrogens (tertiary/aromatic N) is 4. The van der Waals surface area contributed by atoms with Crippen LogP contribution in [-0.4, -0.2) is 67.0 Å². The van der Waals surface area contributed by atoms with Crippen molar-refractivity contribution >= 4 is 17.8 Å². The lowest BCUT2D eigenvalue weighted by atomic mass is 9.67. The summed E-state index contributed by atoms with van der Waals surface area (Å²) in [5, 5.41) is 2.64. The van der Waals surface area contributed by atoms with E-state index in [1.807, 2.05) is 4.90 Å². The Hall–Kier alpha value is -2.38. The van der Waals surface area contributed by atoms with E-state index in [0.29, 0.717) is 50.8 Å². The maximum absolute atomic E-state index is 12.8. The first kappa shape index (κ1) is 16.5. The van der Waals surface area contributed by atoms with Crippen LogP contribution in [0.15, 0.2) is 12.3 Å². The lowest BCUT2D eigenvalue weighted by Crippen LogP contribution is -2.59. The molecule has 2 heterocycles. The van der Waals surface area contributed by atoms with Crippen LogP contribution >= 0.6 is 0 Å². The molecule has 130 valence electrons. The zero-order chi connectivity index (χ0) is 17.2. The summed E-state index contributed by atoms with van der Waals surface area (Å²) >= 11 is 0. The summed E-state index contributed by atoms with van der Waals surface area (Å²) in [6.07, 6.45) is 3.87. The highest BCUT2D eigenvalue weighted by molar-refractivity contribution is 6.05. The summed E-state index contributed by atoms with van der Waals surface area (Å²) in [4.78, 5) is 37.4. The van der Waals surface area contributed by atoms with E-state index in [4.69, 9.17) is 4.74 Å². The second-order valence-corrected chi connectivity index (χ2v) is 6.19. The molecule has 0 unspecified atom stereocenters. The Bertz CT molecular complexity index is 624. The van der Waals surface area contributed by atoms with E-state index in [9.17, 15) is 9.59 Å². The molecule has 1 aliphatic heterocycles. The number of hydrogen-bond acceptors (Lipinski definition) is 6. The number of rotatable bonds is 4. The Kier molecular flexibility index (Phi) is 4.55. The van der Waals surface area contributed by atoms with Gasteiger partial charge in [-0.15, -0.1) is 0 Å². The molecule has 1 saturated carbocycles. The minimum Gasteiger partial charge on any atom is -0.481 e. The highest BCUT2D eigenvalue weighted by Crippen LogP contribution is 2.43. The number of carbonyl (C=O) groups excluding carboxylic acids is 2. The van der Waals surface area contributed by atoms with E-state index in [-0.39, 0.29) is 11.8 Å². The van der Waals surface area contributed by atoms with Crippen LogP contribution in [0, 0.1) is 5.41 Å². The Balaban J connectivity index is 1.64. The van der Waals surface area contributed by atoms with Crippen molar-refractivity contribution in [2.24, 2.45) is 5.41 Å². The molecule has 0 spiro atoms. The molecule has 8 nitrogen and oxygen atoms in total. The van der Waals surface area contributed by atoms with E-state index >= 15 is 0 Å². The standard InChI is InChI=1S/C16H23N5O3/c1-17-13(22)16(5-3-6-16)14(23)20-8-10-21(11-9-20)15-18-7-4-12(19-15)24-2/h4,7H,3,5-6,8-11H2,1-2H3,(H,17,22). The third-order valence-corrected chi connectivity index (χ3v) is 4.95. The number of piperazine rings is 1. The molecule has 2 aliphatic rings. The van der Waals surface area contributed by atoms with Gasteiger partial charge in [0.15, 0.2) is 0 Å². The lowest BCUT2D eigenvalue weighted by molar-refractivity contribution is -0.157. The monoisotopic (exact) mass is 333 g/mol. The molecule has 3 rings (SSSR count). The van der Waals surface area contributed by atoms with E-state index in [2.05, 4.69) is 15.3 Å². The normalized spacial score (nSPS) is 19.4. The van der Waals surface area contributed by atoms with Crippen molar-refractivity contribution in [2.45, 2.75) is 19.3 Å². The maximum atomic E-state index is 12.8. The average Bonchev–Trinajstić information content (AvgIpc) is 2.60. The largest absolute Gasteiger partial charge is 0.481 e.